The Hall–Kier alpha value is -2.11. The van der Waals surface area contributed by atoms with Crippen LogP contribution in [0.5, 0.6) is 0 Å². The third-order valence-electron chi connectivity index (χ3n) is 2.74. The number of nitrogens with zero attached hydrogens (tertiary/aromatic N) is 1. The number of rotatable bonds is 6. The number of para-hydroxylation sites is 2. The molecule has 0 radical (unpaired) electrons. The summed E-state index contributed by atoms with van der Waals surface area (Å²) in [5.74, 6) is -0.926. The quantitative estimate of drug-likeness (QED) is 0.616. The van der Waals surface area contributed by atoms with Crippen molar-refractivity contribution in [3.05, 3.63) is 34.4 Å². The van der Waals surface area contributed by atoms with Crippen LogP contribution in [0.25, 0.3) is 0 Å². The minimum atomic E-state index is -0.926. The Bertz CT molecular complexity index is 494. The highest BCUT2D eigenvalue weighted by atomic mass is 16.6. The van der Waals surface area contributed by atoms with Gasteiger partial charge in [-0.3, -0.25) is 14.9 Å². The van der Waals surface area contributed by atoms with Gasteiger partial charge in [0.15, 0.2) is 0 Å². The molecule has 1 aromatic rings. The zero-order chi connectivity index (χ0) is 15.3. The summed E-state index contributed by atoms with van der Waals surface area (Å²) in [6.07, 6.45) is 0.522. The number of anilines is 1. The van der Waals surface area contributed by atoms with Crippen LogP contribution in [-0.2, 0) is 4.79 Å². The Morgan fingerprint density at radius 2 is 2.00 bits per heavy atom. The van der Waals surface area contributed by atoms with Gasteiger partial charge in [0.1, 0.15) is 5.69 Å². The number of nitro benzene ring substituents is 1. The van der Waals surface area contributed by atoms with Crippen LogP contribution in [0.2, 0.25) is 0 Å². The van der Waals surface area contributed by atoms with E-state index in [0.29, 0.717) is 12.1 Å². The molecule has 1 aromatic carbocycles. The van der Waals surface area contributed by atoms with Gasteiger partial charge in [0, 0.05) is 12.1 Å². The van der Waals surface area contributed by atoms with E-state index in [1.807, 2.05) is 20.8 Å². The van der Waals surface area contributed by atoms with E-state index < -0.39 is 10.9 Å². The number of hydrogen-bond donors (Lipinski definition) is 2. The molecule has 0 aromatic heterocycles. The van der Waals surface area contributed by atoms with E-state index in [4.69, 9.17) is 5.11 Å². The first-order valence-corrected chi connectivity index (χ1v) is 6.41. The molecule has 0 fully saturated rings. The number of hydrogen-bond acceptors (Lipinski definition) is 4. The summed E-state index contributed by atoms with van der Waals surface area (Å²) in [6.45, 7) is 6.01. The molecular weight excluding hydrogens is 260 g/mol. The van der Waals surface area contributed by atoms with Crippen molar-refractivity contribution in [1.29, 1.82) is 0 Å². The summed E-state index contributed by atoms with van der Waals surface area (Å²) < 4.78 is 0. The van der Waals surface area contributed by atoms with E-state index in [1.54, 1.807) is 18.2 Å². The maximum absolute atomic E-state index is 11.0. The second-order valence-corrected chi connectivity index (χ2v) is 5.98. The monoisotopic (exact) mass is 280 g/mol. The minimum absolute atomic E-state index is 0.0446. The second kappa shape index (κ2) is 6.36. The Balaban J connectivity index is 2.94. The maximum Gasteiger partial charge on any atom is 0.305 e. The lowest BCUT2D eigenvalue weighted by atomic mass is 9.87. The molecule has 2 N–H and O–H groups in total. The zero-order valence-electron chi connectivity index (χ0n) is 11.9. The minimum Gasteiger partial charge on any atom is -0.481 e. The number of benzene rings is 1. The fourth-order valence-electron chi connectivity index (χ4n) is 2.10. The van der Waals surface area contributed by atoms with Gasteiger partial charge < -0.3 is 10.4 Å². The average Bonchev–Trinajstić information content (AvgIpc) is 2.25. The first-order valence-electron chi connectivity index (χ1n) is 6.41. The van der Waals surface area contributed by atoms with E-state index in [1.165, 1.54) is 6.07 Å². The van der Waals surface area contributed by atoms with Crippen molar-refractivity contribution in [1.82, 2.24) is 0 Å². The van der Waals surface area contributed by atoms with E-state index in [0.717, 1.165) is 0 Å². The summed E-state index contributed by atoms with van der Waals surface area (Å²) in [5, 5.41) is 22.9. The summed E-state index contributed by atoms with van der Waals surface area (Å²) in [5.41, 5.74) is 0.237. The van der Waals surface area contributed by atoms with Crippen molar-refractivity contribution in [2.45, 2.75) is 39.7 Å². The maximum atomic E-state index is 11.0. The molecule has 0 aliphatic carbocycles. The Kier molecular flexibility index (Phi) is 5.07. The molecule has 0 spiro atoms. The smallest absolute Gasteiger partial charge is 0.305 e. The van der Waals surface area contributed by atoms with Gasteiger partial charge in [-0.2, -0.15) is 0 Å². The number of nitrogens with one attached hydrogen (secondary N) is 1. The van der Waals surface area contributed by atoms with Crippen LogP contribution in [0.1, 0.15) is 33.6 Å². The third kappa shape index (κ3) is 5.26. The van der Waals surface area contributed by atoms with Gasteiger partial charge >= 0.3 is 5.97 Å². The van der Waals surface area contributed by atoms with Crippen molar-refractivity contribution in [3.63, 3.8) is 0 Å². The van der Waals surface area contributed by atoms with Gasteiger partial charge in [-0.15, -0.1) is 0 Å². The molecule has 6 nitrogen and oxygen atoms in total. The van der Waals surface area contributed by atoms with Gasteiger partial charge in [0.25, 0.3) is 5.69 Å². The Morgan fingerprint density at radius 1 is 1.40 bits per heavy atom. The molecule has 1 rings (SSSR count). The lowest BCUT2D eigenvalue weighted by Crippen LogP contribution is -2.28. The van der Waals surface area contributed by atoms with Crippen LogP contribution in [-0.4, -0.2) is 22.0 Å². The number of carbonyl (C=O) groups is 1. The topological polar surface area (TPSA) is 92.5 Å². The average molecular weight is 280 g/mol. The van der Waals surface area contributed by atoms with Gasteiger partial charge in [-0.05, 0) is 17.9 Å². The molecule has 20 heavy (non-hydrogen) atoms. The number of carboxylic acids is 1. The predicted octanol–water partition coefficient (Wildman–Crippen LogP) is 3.29. The number of nitro groups is 1. The molecule has 110 valence electrons. The largest absolute Gasteiger partial charge is 0.481 e. The normalized spacial score (nSPS) is 12.8. The van der Waals surface area contributed by atoms with Crippen molar-refractivity contribution in [2.24, 2.45) is 5.41 Å². The molecule has 6 heteroatoms. The lowest BCUT2D eigenvalue weighted by molar-refractivity contribution is -0.384. The van der Waals surface area contributed by atoms with Gasteiger partial charge in [0.2, 0.25) is 0 Å². The van der Waals surface area contributed by atoms with Gasteiger partial charge in [-0.1, -0.05) is 32.9 Å². The molecule has 1 atom stereocenters. The highest BCUT2D eigenvalue weighted by molar-refractivity contribution is 5.69. The van der Waals surface area contributed by atoms with Gasteiger partial charge in [-0.25, -0.2) is 0 Å². The van der Waals surface area contributed by atoms with Crippen LogP contribution >= 0.6 is 0 Å². The van der Waals surface area contributed by atoms with E-state index >= 15 is 0 Å². The summed E-state index contributed by atoms with van der Waals surface area (Å²) in [6, 6.07) is 5.91. The van der Waals surface area contributed by atoms with Crippen LogP contribution in [0, 0.1) is 15.5 Å². The molecular formula is C14H20N2O4. The Labute approximate surface area is 118 Å². The zero-order valence-corrected chi connectivity index (χ0v) is 11.9. The highest BCUT2D eigenvalue weighted by Gasteiger charge is 2.23. The van der Waals surface area contributed by atoms with E-state index in [9.17, 15) is 14.9 Å². The summed E-state index contributed by atoms with van der Waals surface area (Å²) >= 11 is 0. The van der Waals surface area contributed by atoms with E-state index in [-0.39, 0.29) is 23.6 Å². The molecule has 0 saturated heterocycles. The standard InChI is InChI=1S/C14H20N2O4/c1-14(2,3)9-10(8-13(17)18)15-11-6-4-5-7-12(11)16(19)20/h4-7,10,15H,8-9H2,1-3H3,(H,17,18). The molecule has 0 aliphatic rings. The van der Waals surface area contributed by atoms with Gasteiger partial charge in [0.05, 0.1) is 11.3 Å². The number of carboxylic acid groups (broad SMARTS) is 1. The molecule has 0 amide bonds. The second-order valence-electron chi connectivity index (χ2n) is 5.98. The van der Waals surface area contributed by atoms with Crippen molar-refractivity contribution >= 4 is 17.3 Å². The molecule has 0 aliphatic heterocycles. The van der Waals surface area contributed by atoms with Crippen molar-refractivity contribution in [3.8, 4) is 0 Å². The first kappa shape index (κ1) is 15.9. The summed E-state index contributed by atoms with van der Waals surface area (Å²) in [7, 11) is 0. The molecule has 0 saturated carbocycles. The lowest BCUT2D eigenvalue weighted by Gasteiger charge is -2.26. The molecule has 1 unspecified atom stereocenters. The van der Waals surface area contributed by atoms with Crippen LogP contribution < -0.4 is 5.32 Å². The van der Waals surface area contributed by atoms with Crippen LogP contribution in [0.3, 0.4) is 0 Å². The first-order chi connectivity index (χ1) is 9.19. The summed E-state index contributed by atoms with van der Waals surface area (Å²) in [4.78, 5) is 21.4. The number of aliphatic carboxylic acids is 1. The van der Waals surface area contributed by atoms with Crippen LogP contribution in [0.4, 0.5) is 11.4 Å². The van der Waals surface area contributed by atoms with Crippen LogP contribution in [0.15, 0.2) is 24.3 Å². The highest BCUT2D eigenvalue weighted by Crippen LogP contribution is 2.28. The third-order valence-corrected chi connectivity index (χ3v) is 2.74. The van der Waals surface area contributed by atoms with E-state index in [2.05, 4.69) is 5.32 Å². The Morgan fingerprint density at radius 3 is 2.50 bits per heavy atom. The van der Waals surface area contributed by atoms with Crippen molar-refractivity contribution in [2.75, 3.05) is 5.32 Å². The predicted molar refractivity (Wildman–Crippen MR) is 76.8 cm³/mol. The molecule has 0 heterocycles. The molecule has 0 bridgehead atoms. The fourth-order valence-corrected chi connectivity index (χ4v) is 2.10. The van der Waals surface area contributed by atoms with Crippen molar-refractivity contribution < 1.29 is 14.8 Å². The SMILES string of the molecule is CC(C)(C)CC(CC(=O)O)Nc1ccccc1[N+](=O)[O-]. The fraction of sp³-hybridized carbons (Fsp3) is 0.500.